The van der Waals surface area contributed by atoms with Crippen LogP contribution in [0, 0.1) is 0 Å². The lowest BCUT2D eigenvalue weighted by atomic mass is 10.1. The van der Waals surface area contributed by atoms with E-state index in [4.69, 9.17) is 0 Å². The Kier molecular flexibility index (Phi) is 6.68. The Morgan fingerprint density at radius 1 is 1.41 bits per heavy atom. The molecule has 1 amide bonds. The highest BCUT2D eigenvalue weighted by Crippen LogP contribution is 2.30. The molecule has 0 bridgehead atoms. The van der Waals surface area contributed by atoms with Gasteiger partial charge in [-0.25, -0.2) is 0 Å². The normalized spacial score (nSPS) is 17.9. The van der Waals surface area contributed by atoms with Crippen molar-refractivity contribution in [3.63, 3.8) is 0 Å². The predicted molar refractivity (Wildman–Crippen MR) is 81.3 cm³/mol. The minimum atomic E-state index is -4.43. The molecule has 0 aromatic heterocycles. The standard InChI is InChI=1S/C15H19F3N2O.ClH/c1-2-8-20(13-6-7-19-10-13)14(21)11-4-3-5-12(9-11)15(16,17)18;/h3-5,9,13,19H,2,6-8,10H2,1H3;1H. The van der Waals surface area contributed by atoms with Gasteiger partial charge in [-0.05, 0) is 37.6 Å². The summed E-state index contributed by atoms with van der Waals surface area (Å²) in [4.78, 5) is 14.2. The van der Waals surface area contributed by atoms with Crippen LogP contribution in [0.5, 0.6) is 0 Å². The fourth-order valence-corrected chi connectivity index (χ4v) is 2.59. The van der Waals surface area contributed by atoms with Crippen LogP contribution in [0.1, 0.15) is 35.7 Å². The van der Waals surface area contributed by atoms with Crippen molar-refractivity contribution in [1.82, 2.24) is 10.2 Å². The van der Waals surface area contributed by atoms with E-state index >= 15 is 0 Å². The van der Waals surface area contributed by atoms with Gasteiger partial charge < -0.3 is 10.2 Å². The van der Waals surface area contributed by atoms with Crippen LogP contribution < -0.4 is 5.32 Å². The molecule has 1 aromatic rings. The molecule has 7 heteroatoms. The summed E-state index contributed by atoms with van der Waals surface area (Å²) in [5, 5.41) is 3.18. The zero-order valence-corrected chi connectivity index (χ0v) is 13.1. The maximum absolute atomic E-state index is 12.7. The maximum atomic E-state index is 12.7. The van der Waals surface area contributed by atoms with Crippen molar-refractivity contribution >= 4 is 18.3 Å². The Balaban J connectivity index is 0.00000242. The number of nitrogens with zero attached hydrogens (tertiary/aromatic N) is 1. The number of nitrogens with one attached hydrogen (secondary N) is 1. The van der Waals surface area contributed by atoms with E-state index in [1.807, 2.05) is 6.92 Å². The highest BCUT2D eigenvalue weighted by atomic mass is 35.5. The second-order valence-electron chi connectivity index (χ2n) is 5.22. The molecule has 1 aliphatic heterocycles. The predicted octanol–water partition coefficient (Wildman–Crippen LogP) is 3.34. The number of carbonyl (C=O) groups is 1. The molecule has 0 spiro atoms. The summed E-state index contributed by atoms with van der Waals surface area (Å²) in [6, 6.07) is 4.72. The highest BCUT2D eigenvalue weighted by Gasteiger charge is 2.32. The average Bonchev–Trinajstić information content (AvgIpc) is 2.97. The Bertz CT molecular complexity index is 502. The zero-order valence-electron chi connectivity index (χ0n) is 12.3. The number of carbonyl (C=O) groups excluding carboxylic acids is 1. The van der Waals surface area contributed by atoms with Gasteiger partial charge in [0.2, 0.25) is 0 Å². The van der Waals surface area contributed by atoms with Crippen LogP contribution in [-0.4, -0.2) is 36.5 Å². The topological polar surface area (TPSA) is 32.3 Å². The molecule has 0 aliphatic carbocycles. The van der Waals surface area contributed by atoms with E-state index in [9.17, 15) is 18.0 Å². The molecule has 1 heterocycles. The average molecular weight is 337 g/mol. The molecule has 0 saturated carbocycles. The molecule has 1 saturated heterocycles. The van der Waals surface area contributed by atoms with Crippen LogP contribution in [0.15, 0.2) is 24.3 Å². The summed E-state index contributed by atoms with van der Waals surface area (Å²) in [7, 11) is 0. The number of rotatable bonds is 4. The van der Waals surface area contributed by atoms with E-state index in [2.05, 4.69) is 5.32 Å². The first-order valence-electron chi connectivity index (χ1n) is 7.12. The van der Waals surface area contributed by atoms with Crippen molar-refractivity contribution in [2.45, 2.75) is 32.0 Å². The van der Waals surface area contributed by atoms with Crippen molar-refractivity contribution in [2.24, 2.45) is 0 Å². The maximum Gasteiger partial charge on any atom is 0.416 e. The molecule has 1 unspecified atom stereocenters. The lowest BCUT2D eigenvalue weighted by molar-refractivity contribution is -0.137. The number of amides is 1. The summed E-state index contributed by atoms with van der Waals surface area (Å²) in [5.74, 6) is -0.323. The van der Waals surface area contributed by atoms with Gasteiger partial charge in [-0.15, -0.1) is 12.4 Å². The number of hydrogen-bond acceptors (Lipinski definition) is 2. The third-order valence-corrected chi connectivity index (χ3v) is 3.64. The van der Waals surface area contributed by atoms with Gasteiger partial charge in [0, 0.05) is 24.7 Å². The Morgan fingerprint density at radius 2 is 2.14 bits per heavy atom. The van der Waals surface area contributed by atoms with Gasteiger partial charge in [0.1, 0.15) is 0 Å². The largest absolute Gasteiger partial charge is 0.416 e. The molecule has 0 radical (unpaired) electrons. The fraction of sp³-hybridized carbons (Fsp3) is 0.533. The smallest absolute Gasteiger partial charge is 0.334 e. The molecular weight excluding hydrogens is 317 g/mol. The molecule has 1 atom stereocenters. The highest BCUT2D eigenvalue weighted by molar-refractivity contribution is 5.94. The summed E-state index contributed by atoms with van der Waals surface area (Å²) in [6.45, 7) is 4.04. The van der Waals surface area contributed by atoms with Gasteiger partial charge in [-0.2, -0.15) is 13.2 Å². The van der Waals surface area contributed by atoms with Crippen LogP contribution in [0.25, 0.3) is 0 Å². The summed E-state index contributed by atoms with van der Waals surface area (Å²) >= 11 is 0. The lowest BCUT2D eigenvalue weighted by Crippen LogP contribution is -2.42. The molecular formula is C15H20ClF3N2O. The van der Waals surface area contributed by atoms with Gasteiger partial charge in [-0.1, -0.05) is 13.0 Å². The van der Waals surface area contributed by atoms with E-state index in [-0.39, 0.29) is 29.9 Å². The molecule has 1 fully saturated rings. The van der Waals surface area contributed by atoms with E-state index in [1.165, 1.54) is 12.1 Å². The SMILES string of the molecule is CCCN(C(=O)c1cccc(C(F)(F)F)c1)C1CCNC1.Cl. The van der Waals surface area contributed by atoms with Crippen molar-refractivity contribution in [1.29, 1.82) is 0 Å². The van der Waals surface area contributed by atoms with Crippen LogP contribution in [-0.2, 0) is 6.18 Å². The first-order chi connectivity index (χ1) is 9.93. The third kappa shape index (κ3) is 4.36. The van der Waals surface area contributed by atoms with Gasteiger partial charge in [0.15, 0.2) is 0 Å². The minimum Gasteiger partial charge on any atom is -0.334 e. The first-order valence-corrected chi connectivity index (χ1v) is 7.12. The van der Waals surface area contributed by atoms with E-state index in [1.54, 1.807) is 4.90 Å². The Hall–Kier alpha value is -1.27. The summed E-state index contributed by atoms with van der Waals surface area (Å²) in [6.07, 6.45) is -2.81. The Morgan fingerprint density at radius 3 is 2.68 bits per heavy atom. The quantitative estimate of drug-likeness (QED) is 0.914. The molecule has 3 nitrogen and oxygen atoms in total. The van der Waals surface area contributed by atoms with Crippen LogP contribution in [0.2, 0.25) is 0 Å². The number of alkyl halides is 3. The number of hydrogen-bond donors (Lipinski definition) is 1. The third-order valence-electron chi connectivity index (χ3n) is 3.64. The number of halogens is 4. The van der Waals surface area contributed by atoms with E-state index in [0.29, 0.717) is 13.1 Å². The zero-order chi connectivity index (χ0) is 15.5. The minimum absolute atomic E-state index is 0. The Labute approximate surface area is 134 Å². The first kappa shape index (κ1) is 18.8. The molecule has 1 aliphatic rings. The van der Waals surface area contributed by atoms with Crippen molar-refractivity contribution < 1.29 is 18.0 Å². The van der Waals surface area contributed by atoms with Gasteiger partial charge in [0.05, 0.1) is 5.56 Å². The number of benzene rings is 1. The molecule has 2 rings (SSSR count). The molecule has 22 heavy (non-hydrogen) atoms. The second kappa shape index (κ2) is 7.83. The van der Waals surface area contributed by atoms with E-state index in [0.717, 1.165) is 31.5 Å². The van der Waals surface area contributed by atoms with Gasteiger partial charge in [0.25, 0.3) is 5.91 Å². The molecule has 124 valence electrons. The fourth-order valence-electron chi connectivity index (χ4n) is 2.59. The van der Waals surface area contributed by atoms with Gasteiger partial charge in [-0.3, -0.25) is 4.79 Å². The second-order valence-corrected chi connectivity index (χ2v) is 5.22. The van der Waals surface area contributed by atoms with Gasteiger partial charge >= 0.3 is 6.18 Å². The molecule has 1 aromatic carbocycles. The lowest BCUT2D eigenvalue weighted by Gasteiger charge is -2.28. The summed E-state index contributed by atoms with van der Waals surface area (Å²) in [5.41, 5.74) is -0.681. The van der Waals surface area contributed by atoms with E-state index < -0.39 is 11.7 Å². The molecule has 1 N–H and O–H groups in total. The summed E-state index contributed by atoms with van der Waals surface area (Å²) < 4.78 is 38.2. The van der Waals surface area contributed by atoms with Crippen molar-refractivity contribution in [3.05, 3.63) is 35.4 Å². The van der Waals surface area contributed by atoms with Crippen molar-refractivity contribution in [2.75, 3.05) is 19.6 Å². The van der Waals surface area contributed by atoms with Crippen molar-refractivity contribution in [3.8, 4) is 0 Å². The van der Waals surface area contributed by atoms with Crippen LogP contribution in [0.3, 0.4) is 0 Å². The monoisotopic (exact) mass is 336 g/mol. The van der Waals surface area contributed by atoms with Crippen LogP contribution in [0.4, 0.5) is 13.2 Å². The van der Waals surface area contributed by atoms with Crippen LogP contribution >= 0.6 is 12.4 Å².